The number of carbonyl (C=O) groups excluding carboxylic acids is 2. The van der Waals surface area contributed by atoms with Crippen LogP contribution in [-0.4, -0.2) is 50.5 Å². The molecule has 44 heavy (non-hydrogen) atoms. The lowest BCUT2D eigenvalue weighted by Crippen LogP contribution is -2.35. The molecule has 220 valence electrons. The molecule has 7 rings (SSSR count). The lowest BCUT2D eigenvalue weighted by atomic mass is 10.1. The number of nitrogens with zero attached hydrogens (tertiary/aromatic N) is 4. The van der Waals surface area contributed by atoms with Gasteiger partial charge in [0.25, 0.3) is 11.8 Å². The number of fused-ring (bicyclic) bond motifs is 2. The first-order chi connectivity index (χ1) is 21.4. The van der Waals surface area contributed by atoms with Crippen molar-refractivity contribution in [1.82, 2.24) is 14.3 Å². The largest absolute Gasteiger partial charge is 0.393 e. The summed E-state index contributed by atoms with van der Waals surface area (Å²) in [6, 6.07) is 28.5. The van der Waals surface area contributed by atoms with Crippen molar-refractivity contribution in [3.63, 3.8) is 0 Å². The molecule has 1 fully saturated rings. The van der Waals surface area contributed by atoms with Crippen LogP contribution < -0.4 is 15.5 Å². The molecule has 0 bridgehead atoms. The molecule has 2 aromatic heterocycles. The number of aryl methyl sites for hydroxylation is 1. The number of anilines is 3. The van der Waals surface area contributed by atoms with Crippen molar-refractivity contribution in [2.75, 3.05) is 28.6 Å². The van der Waals surface area contributed by atoms with Crippen LogP contribution >= 0.6 is 0 Å². The summed E-state index contributed by atoms with van der Waals surface area (Å²) >= 11 is 0. The van der Waals surface area contributed by atoms with Gasteiger partial charge in [0.2, 0.25) is 0 Å². The lowest BCUT2D eigenvalue weighted by Gasteiger charge is -2.31. The summed E-state index contributed by atoms with van der Waals surface area (Å²) in [5.74, 6) is -0.347. The Morgan fingerprint density at radius 1 is 0.727 bits per heavy atom. The van der Waals surface area contributed by atoms with E-state index in [1.165, 1.54) is 0 Å². The maximum Gasteiger partial charge on any atom is 0.255 e. The summed E-state index contributed by atoms with van der Waals surface area (Å²) < 4.78 is 3.85. The molecule has 3 heterocycles. The summed E-state index contributed by atoms with van der Waals surface area (Å²) in [5, 5.41) is 22.2. The summed E-state index contributed by atoms with van der Waals surface area (Å²) in [5.41, 5.74) is 6.43. The third-order valence-electron chi connectivity index (χ3n) is 8.30. The Morgan fingerprint density at radius 3 is 2.14 bits per heavy atom. The van der Waals surface area contributed by atoms with Crippen LogP contribution in [0.4, 0.5) is 17.1 Å². The molecule has 9 heteroatoms. The molecule has 0 radical (unpaired) electrons. The second kappa shape index (κ2) is 11.3. The van der Waals surface area contributed by atoms with Crippen LogP contribution in [-0.2, 0) is 7.05 Å². The van der Waals surface area contributed by atoms with Gasteiger partial charge >= 0.3 is 0 Å². The molecule has 0 atom stereocenters. The summed E-state index contributed by atoms with van der Waals surface area (Å²) in [6.45, 7) is 1.63. The molecular weight excluding hydrogens is 552 g/mol. The van der Waals surface area contributed by atoms with Gasteiger partial charge in [-0.2, -0.15) is 5.10 Å². The number of aromatic nitrogens is 3. The van der Waals surface area contributed by atoms with Crippen LogP contribution in [0, 0.1) is 0 Å². The number of aliphatic hydroxyl groups excluding tert-OH is 1. The van der Waals surface area contributed by atoms with Crippen molar-refractivity contribution in [2.24, 2.45) is 7.05 Å². The minimum atomic E-state index is -0.219. The Bertz CT molecular complexity index is 1980. The van der Waals surface area contributed by atoms with E-state index in [1.807, 2.05) is 113 Å². The molecule has 9 nitrogen and oxygen atoms in total. The highest BCUT2D eigenvalue weighted by Crippen LogP contribution is 2.25. The molecule has 0 spiro atoms. The Morgan fingerprint density at radius 2 is 1.36 bits per heavy atom. The predicted molar refractivity (Wildman–Crippen MR) is 174 cm³/mol. The molecule has 4 aromatic carbocycles. The molecule has 0 unspecified atom stereocenters. The van der Waals surface area contributed by atoms with Crippen molar-refractivity contribution >= 4 is 50.7 Å². The number of hydrogen-bond acceptors (Lipinski definition) is 5. The SMILES string of the molecule is Cn1ccc2cc(C(=O)Nc3ccc4c(cnn4-c4ccc(NC(=O)c5ccc(N6CCC(O)CC6)cc5)cc4)c3)ccc21. The second-order valence-corrected chi connectivity index (χ2v) is 11.3. The van der Waals surface area contributed by atoms with Crippen LogP contribution in [0.2, 0.25) is 0 Å². The van der Waals surface area contributed by atoms with Crippen molar-refractivity contribution in [2.45, 2.75) is 18.9 Å². The number of benzene rings is 4. The zero-order chi connectivity index (χ0) is 30.2. The number of hydrogen-bond donors (Lipinski definition) is 3. The van der Waals surface area contributed by atoms with Crippen molar-refractivity contribution in [3.8, 4) is 5.69 Å². The van der Waals surface area contributed by atoms with Gasteiger partial charge < -0.3 is 25.2 Å². The fourth-order valence-electron chi connectivity index (χ4n) is 5.78. The third kappa shape index (κ3) is 5.41. The fraction of sp³-hybridized carbons (Fsp3) is 0.171. The van der Waals surface area contributed by atoms with E-state index in [2.05, 4.69) is 20.6 Å². The topological polar surface area (TPSA) is 104 Å². The average Bonchev–Trinajstić information content (AvgIpc) is 3.64. The number of piperidine rings is 1. The lowest BCUT2D eigenvalue weighted by molar-refractivity contribution is 0.101. The molecule has 1 aliphatic rings. The first-order valence-corrected chi connectivity index (χ1v) is 14.7. The highest BCUT2D eigenvalue weighted by molar-refractivity contribution is 6.07. The van der Waals surface area contributed by atoms with E-state index < -0.39 is 0 Å². The Labute approximate surface area is 254 Å². The first kappa shape index (κ1) is 27.4. The van der Waals surface area contributed by atoms with E-state index in [4.69, 9.17) is 0 Å². The van der Waals surface area contributed by atoms with E-state index in [-0.39, 0.29) is 17.9 Å². The summed E-state index contributed by atoms with van der Waals surface area (Å²) in [7, 11) is 1.98. The van der Waals surface area contributed by atoms with Gasteiger partial charge in [0.05, 0.1) is 23.5 Å². The van der Waals surface area contributed by atoms with E-state index in [1.54, 1.807) is 6.20 Å². The van der Waals surface area contributed by atoms with Gasteiger partial charge in [0.1, 0.15) is 0 Å². The average molecular weight is 585 g/mol. The first-order valence-electron chi connectivity index (χ1n) is 14.7. The standard InChI is InChI=1S/C35H32N6O3/c1-39-17-14-24-20-25(4-12-32(24)39)35(44)38-28-7-13-33-26(21-28)22-36-41(33)30-10-5-27(6-11-30)37-34(43)23-2-8-29(9-3-23)40-18-15-31(42)16-19-40/h2-14,17,20-22,31,42H,15-16,18-19H2,1H3,(H,37,43)(H,38,44). The van der Waals surface area contributed by atoms with Gasteiger partial charge in [-0.1, -0.05) is 0 Å². The molecule has 1 saturated heterocycles. The minimum Gasteiger partial charge on any atom is -0.393 e. The molecule has 0 saturated carbocycles. The highest BCUT2D eigenvalue weighted by Gasteiger charge is 2.18. The van der Waals surface area contributed by atoms with Gasteiger partial charge in [0.15, 0.2) is 0 Å². The van der Waals surface area contributed by atoms with Gasteiger partial charge in [-0.25, -0.2) is 4.68 Å². The van der Waals surface area contributed by atoms with E-state index >= 15 is 0 Å². The van der Waals surface area contributed by atoms with Crippen molar-refractivity contribution < 1.29 is 14.7 Å². The van der Waals surface area contributed by atoms with Crippen LogP contribution in [0.5, 0.6) is 0 Å². The Balaban J connectivity index is 1.01. The number of carbonyl (C=O) groups is 2. The van der Waals surface area contributed by atoms with Crippen LogP contribution in [0.15, 0.2) is 103 Å². The summed E-state index contributed by atoms with van der Waals surface area (Å²) in [6.07, 6.45) is 5.05. The monoisotopic (exact) mass is 584 g/mol. The second-order valence-electron chi connectivity index (χ2n) is 11.3. The molecule has 1 aliphatic heterocycles. The fourth-order valence-corrected chi connectivity index (χ4v) is 5.78. The van der Waals surface area contributed by atoms with Crippen LogP contribution in [0.3, 0.4) is 0 Å². The smallest absolute Gasteiger partial charge is 0.255 e. The normalized spacial score (nSPS) is 13.8. The quantitative estimate of drug-likeness (QED) is 0.223. The molecule has 3 N–H and O–H groups in total. The van der Waals surface area contributed by atoms with Crippen LogP contribution in [0.25, 0.3) is 27.5 Å². The molecule has 6 aromatic rings. The maximum absolute atomic E-state index is 12.9. The maximum atomic E-state index is 12.9. The zero-order valence-corrected chi connectivity index (χ0v) is 24.3. The molecular formula is C35H32N6O3. The van der Waals surface area contributed by atoms with E-state index in [0.29, 0.717) is 22.5 Å². The van der Waals surface area contributed by atoms with E-state index in [9.17, 15) is 14.7 Å². The highest BCUT2D eigenvalue weighted by atomic mass is 16.3. The number of rotatable bonds is 6. The third-order valence-corrected chi connectivity index (χ3v) is 8.30. The molecule has 0 aliphatic carbocycles. The minimum absolute atomic E-state index is 0.168. The van der Waals surface area contributed by atoms with Gasteiger partial charge in [0, 0.05) is 70.8 Å². The van der Waals surface area contributed by atoms with Gasteiger partial charge in [-0.15, -0.1) is 0 Å². The Hall–Kier alpha value is -5.41. The van der Waals surface area contributed by atoms with Crippen molar-refractivity contribution in [3.05, 3.63) is 115 Å². The number of nitrogens with one attached hydrogen (secondary N) is 2. The van der Waals surface area contributed by atoms with Gasteiger partial charge in [-0.3, -0.25) is 9.59 Å². The number of aliphatic hydroxyl groups is 1. The predicted octanol–water partition coefficient (Wildman–Crippen LogP) is 5.98. The van der Waals surface area contributed by atoms with Crippen molar-refractivity contribution in [1.29, 1.82) is 0 Å². The van der Waals surface area contributed by atoms with E-state index in [0.717, 1.165) is 59.1 Å². The molecule has 2 amide bonds. The van der Waals surface area contributed by atoms with Gasteiger partial charge in [-0.05, 0) is 104 Å². The zero-order valence-electron chi connectivity index (χ0n) is 24.3. The van der Waals surface area contributed by atoms with Crippen LogP contribution in [0.1, 0.15) is 33.6 Å². The summed E-state index contributed by atoms with van der Waals surface area (Å²) in [4.78, 5) is 28.1. The Kier molecular flexibility index (Phi) is 7.07. The number of amides is 2.